The van der Waals surface area contributed by atoms with Gasteiger partial charge in [-0.15, -0.1) is 0 Å². The highest BCUT2D eigenvalue weighted by Crippen LogP contribution is 2.15. The molecule has 1 amide bonds. The van der Waals surface area contributed by atoms with E-state index in [1.54, 1.807) is 12.1 Å². The van der Waals surface area contributed by atoms with E-state index in [1.807, 2.05) is 6.92 Å². The summed E-state index contributed by atoms with van der Waals surface area (Å²) in [6.07, 6.45) is 0.985. The molecule has 4 N–H and O–H groups in total. The Bertz CT molecular complexity index is 601. The first-order valence-corrected chi connectivity index (χ1v) is 8.05. The fourth-order valence-electron chi connectivity index (χ4n) is 2.32. The molecule has 20 heavy (non-hydrogen) atoms. The summed E-state index contributed by atoms with van der Waals surface area (Å²) in [5, 5.41) is 11.0. The van der Waals surface area contributed by atoms with E-state index in [2.05, 4.69) is 10.6 Å². The van der Waals surface area contributed by atoms with Crippen molar-refractivity contribution in [3.8, 4) is 0 Å². The number of hydrogen-bond donors (Lipinski definition) is 3. The molecule has 1 heterocycles. The largest absolute Gasteiger partial charge is 0.351 e. The Hall–Kier alpha value is -1.44. The van der Waals surface area contributed by atoms with Gasteiger partial charge < -0.3 is 10.6 Å². The van der Waals surface area contributed by atoms with Crippen LogP contribution in [0.3, 0.4) is 0 Å². The van der Waals surface area contributed by atoms with E-state index >= 15 is 0 Å². The van der Waals surface area contributed by atoms with Crippen LogP contribution in [0.2, 0.25) is 0 Å². The number of rotatable bonds is 4. The number of benzene rings is 1. The zero-order chi connectivity index (χ0) is 14.8. The first-order valence-electron chi connectivity index (χ1n) is 6.51. The number of amides is 1. The minimum atomic E-state index is -3.71. The Kier molecular flexibility index (Phi) is 4.42. The predicted octanol–water partition coefficient (Wildman–Crippen LogP) is -0.0518. The molecular formula is C13H19N3O3S. The fraction of sp³-hybridized carbons (Fsp3) is 0.462. The van der Waals surface area contributed by atoms with Gasteiger partial charge in [-0.2, -0.15) is 0 Å². The van der Waals surface area contributed by atoms with Crippen LogP contribution in [-0.2, 0) is 21.4 Å². The number of hydrogen-bond acceptors (Lipinski definition) is 4. The van der Waals surface area contributed by atoms with E-state index in [9.17, 15) is 13.2 Å². The van der Waals surface area contributed by atoms with Crippen molar-refractivity contribution in [3.63, 3.8) is 0 Å². The molecule has 1 aliphatic heterocycles. The van der Waals surface area contributed by atoms with E-state index in [4.69, 9.17) is 5.14 Å². The van der Waals surface area contributed by atoms with Crippen molar-refractivity contribution in [1.82, 2.24) is 10.6 Å². The first kappa shape index (κ1) is 15.0. The maximum atomic E-state index is 12.0. The van der Waals surface area contributed by atoms with E-state index in [1.165, 1.54) is 12.1 Å². The Balaban J connectivity index is 1.99. The smallest absolute Gasteiger partial charge is 0.238 e. The summed E-state index contributed by atoms with van der Waals surface area (Å²) in [5.74, 6) is 0.252. The molecule has 6 nitrogen and oxygen atoms in total. The van der Waals surface area contributed by atoms with Gasteiger partial charge in [-0.3, -0.25) is 4.79 Å². The van der Waals surface area contributed by atoms with Crippen molar-refractivity contribution in [2.24, 2.45) is 11.1 Å². The van der Waals surface area contributed by atoms with Crippen molar-refractivity contribution < 1.29 is 13.2 Å². The van der Waals surface area contributed by atoms with Crippen LogP contribution >= 0.6 is 0 Å². The molecule has 0 spiro atoms. The maximum absolute atomic E-state index is 12.0. The lowest BCUT2D eigenvalue weighted by Crippen LogP contribution is -2.42. The number of carbonyl (C=O) groups excluding carboxylic acids is 1. The van der Waals surface area contributed by atoms with Gasteiger partial charge in [-0.1, -0.05) is 19.1 Å². The van der Waals surface area contributed by atoms with E-state index in [-0.39, 0.29) is 23.4 Å². The predicted molar refractivity (Wildman–Crippen MR) is 75.2 cm³/mol. The Morgan fingerprint density at radius 3 is 2.85 bits per heavy atom. The van der Waals surface area contributed by atoms with Gasteiger partial charge in [0.2, 0.25) is 15.9 Å². The second-order valence-corrected chi connectivity index (χ2v) is 6.67. The molecule has 1 saturated heterocycles. The Morgan fingerprint density at radius 1 is 1.50 bits per heavy atom. The third kappa shape index (κ3) is 3.56. The van der Waals surface area contributed by atoms with Gasteiger partial charge in [0.15, 0.2) is 0 Å². The lowest BCUT2D eigenvalue weighted by Gasteiger charge is -2.15. The highest BCUT2D eigenvalue weighted by Gasteiger charge is 2.28. The van der Waals surface area contributed by atoms with Gasteiger partial charge in [0.1, 0.15) is 0 Å². The summed E-state index contributed by atoms with van der Waals surface area (Å²) in [5.41, 5.74) is 0.704. The third-order valence-electron chi connectivity index (χ3n) is 3.51. The van der Waals surface area contributed by atoms with E-state index < -0.39 is 10.0 Å². The molecule has 0 radical (unpaired) electrons. The van der Waals surface area contributed by atoms with Crippen LogP contribution in [0, 0.1) is 5.92 Å². The van der Waals surface area contributed by atoms with Crippen molar-refractivity contribution in [2.75, 3.05) is 6.54 Å². The molecule has 0 bridgehead atoms. The lowest BCUT2D eigenvalue weighted by molar-refractivity contribution is -0.123. The molecule has 0 aliphatic carbocycles. The fourth-order valence-corrected chi connectivity index (χ4v) is 2.90. The second kappa shape index (κ2) is 5.90. The molecule has 1 fully saturated rings. The summed E-state index contributed by atoms with van der Waals surface area (Å²) in [6, 6.07) is 6.09. The van der Waals surface area contributed by atoms with Crippen molar-refractivity contribution in [2.45, 2.75) is 30.8 Å². The summed E-state index contributed by atoms with van der Waals surface area (Å²) >= 11 is 0. The minimum Gasteiger partial charge on any atom is -0.351 e. The van der Waals surface area contributed by atoms with E-state index in [0.29, 0.717) is 11.5 Å². The monoisotopic (exact) mass is 297 g/mol. The van der Waals surface area contributed by atoms with Crippen LogP contribution in [0.4, 0.5) is 0 Å². The molecule has 7 heteroatoms. The summed E-state index contributed by atoms with van der Waals surface area (Å²) in [4.78, 5) is 12.0. The summed E-state index contributed by atoms with van der Waals surface area (Å²) < 4.78 is 22.5. The number of nitrogens with one attached hydrogen (secondary N) is 2. The van der Waals surface area contributed by atoms with Gasteiger partial charge >= 0.3 is 0 Å². The Morgan fingerprint density at radius 2 is 2.25 bits per heavy atom. The van der Waals surface area contributed by atoms with Gasteiger partial charge in [0, 0.05) is 6.54 Å². The standard InChI is InChI=1S/C13H19N3O3S/c1-9-5-6-15-12(9)13(17)16-8-10-3-2-4-11(7-10)20(14,18)19/h2-4,7,9,12,15H,5-6,8H2,1H3,(H,16,17)(H2,14,18,19). The van der Waals surface area contributed by atoms with Gasteiger partial charge in [0.25, 0.3) is 0 Å². The number of nitrogens with two attached hydrogens (primary N) is 1. The zero-order valence-electron chi connectivity index (χ0n) is 11.3. The van der Waals surface area contributed by atoms with Gasteiger partial charge in [-0.25, -0.2) is 13.6 Å². The molecular weight excluding hydrogens is 278 g/mol. The molecule has 1 aromatic carbocycles. The quantitative estimate of drug-likeness (QED) is 0.725. The number of carbonyl (C=O) groups is 1. The van der Waals surface area contributed by atoms with Crippen molar-refractivity contribution in [3.05, 3.63) is 29.8 Å². The van der Waals surface area contributed by atoms with Crippen LogP contribution in [0.1, 0.15) is 18.9 Å². The lowest BCUT2D eigenvalue weighted by atomic mass is 10.0. The molecule has 2 unspecified atom stereocenters. The van der Waals surface area contributed by atoms with Crippen LogP contribution in [-0.4, -0.2) is 26.9 Å². The third-order valence-corrected chi connectivity index (χ3v) is 4.42. The topological polar surface area (TPSA) is 101 Å². The SMILES string of the molecule is CC1CCNC1C(=O)NCc1cccc(S(N)(=O)=O)c1. The van der Waals surface area contributed by atoms with Crippen LogP contribution in [0.15, 0.2) is 29.2 Å². The zero-order valence-corrected chi connectivity index (χ0v) is 12.1. The highest BCUT2D eigenvalue weighted by molar-refractivity contribution is 7.89. The maximum Gasteiger partial charge on any atom is 0.238 e. The number of sulfonamides is 1. The molecule has 1 aliphatic rings. The van der Waals surface area contributed by atoms with Crippen LogP contribution < -0.4 is 15.8 Å². The normalized spacial score (nSPS) is 22.7. The first-order chi connectivity index (χ1) is 9.38. The highest BCUT2D eigenvalue weighted by atomic mass is 32.2. The Labute approximate surface area is 118 Å². The van der Waals surface area contributed by atoms with Crippen LogP contribution in [0.5, 0.6) is 0 Å². The number of primary sulfonamides is 1. The second-order valence-electron chi connectivity index (χ2n) is 5.11. The summed E-state index contributed by atoms with van der Waals surface area (Å²) in [6.45, 7) is 3.17. The summed E-state index contributed by atoms with van der Waals surface area (Å²) in [7, 11) is -3.71. The molecule has 1 aromatic rings. The molecule has 2 rings (SSSR count). The van der Waals surface area contributed by atoms with Crippen molar-refractivity contribution in [1.29, 1.82) is 0 Å². The van der Waals surface area contributed by atoms with Gasteiger partial charge in [0.05, 0.1) is 10.9 Å². The molecule has 0 aromatic heterocycles. The molecule has 110 valence electrons. The van der Waals surface area contributed by atoms with Crippen molar-refractivity contribution >= 4 is 15.9 Å². The minimum absolute atomic E-state index is 0.0524. The van der Waals surface area contributed by atoms with Crippen LogP contribution in [0.25, 0.3) is 0 Å². The molecule has 0 saturated carbocycles. The van der Waals surface area contributed by atoms with Gasteiger partial charge in [-0.05, 0) is 36.6 Å². The average molecular weight is 297 g/mol. The molecule has 2 atom stereocenters. The average Bonchev–Trinajstić information content (AvgIpc) is 2.82. The van der Waals surface area contributed by atoms with E-state index in [0.717, 1.165) is 13.0 Å².